The summed E-state index contributed by atoms with van der Waals surface area (Å²) in [5, 5.41) is 93.3. The maximum absolute atomic E-state index is 17.1. The molecule has 7 amide bonds. The molecule has 0 aromatic heterocycles. The molecule has 1 aromatic carbocycles. The average molecular weight is 1410 g/mol. The van der Waals surface area contributed by atoms with Gasteiger partial charge < -0.3 is 82.2 Å². The lowest BCUT2D eigenvalue weighted by molar-refractivity contribution is -0.145. The molecule has 1 saturated heterocycles. The number of unbranched alkanes of at least 4 members (excludes halogenated alkanes) is 5. The Kier molecular flexibility index (Phi) is 37.7. The van der Waals surface area contributed by atoms with Crippen LogP contribution < -0.4 is 42.4 Å². The molecule has 2 rings (SSSR count). The lowest BCUT2D eigenvalue weighted by atomic mass is 10.1. The van der Waals surface area contributed by atoms with Gasteiger partial charge in [0.1, 0.15) is 30.2 Å². The topological polar surface area (TPSA) is 498 Å². The number of hydrogen-bond acceptors (Lipinski definition) is 18. The Hall–Kier alpha value is -8.41. The van der Waals surface area contributed by atoms with Crippen molar-refractivity contribution in [1.82, 2.24) is 56.8 Å². The van der Waals surface area contributed by atoms with E-state index >= 15 is 4.11 Å². The Bertz CT molecular complexity index is 2820. The molecule has 98 heavy (non-hydrogen) atoms. The van der Waals surface area contributed by atoms with Gasteiger partial charge in [0.15, 0.2) is 0 Å². The molecule has 0 aliphatic carbocycles. The Balaban J connectivity index is 2.09. The smallest absolute Gasteiger partial charge is 0.326 e. The van der Waals surface area contributed by atoms with Crippen molar-refractivity contribution in [2.24, 2.45) is 0 Å². The number of nitrogens with one attached hydrogen (secondary N) is 7. The van der Waals surface area contributed by atoms with E-state index in [1.54, 1.807) is 0 Å². The highest BCUT2D eigenvalue weighted by Gasteiger charge is 2.56. The Morgan fingerprint density at radius 1 is 0.429 bits per heavy atom. The SMILES string of the molecule is CC(C)(C)[Si](F)(c1ccc(C(=O)NC[C@H](NC(=O)CC[C@@H](C(=O)O)N2CCN(CC(=O)O)CCN(CC(=O)O)CCN(CC(=O)O)CC2)C(=O)N[C@H](CCCCNC(=O)CCCCCCC(=O)NCCCC[C@H](NC(=O)N[C@@H](CCC(=O)O)C(=O)O)C(=O)O)C(=O)O)cc1)C(C)(C)C. The predicted octanol–water partition coefficient (Wildman–Crippen LogP) is 0.886. The largest absolute Gasteiger partial charge is 0.481 e. The summed E-state index contributed by atoms with van der Waals surface area (Å²) >= 11 is 0. The van der Waals surface area contributed by atoms with Crippen LogP contribution in [-0.2, 0) is 57.5 Å². The number of aliphatic carboxylic acids is 8. The number of halogens is 1. The molecule has 5 atom stereocenters. The van der Waals surface area contributed by atoms with Crippen LogP contribution >= 0.6 is 0 Å². The number of carboxylic acid groups (broad SMARTS) is 8. The van der Waals surface area contributed by atoms with E-state index in [0.29, 0.717) is 37.3 Å². The Morgan fingerprint density at radius 3 is 1.22 bits per heavy atom. The number of nitrogens with zero attached hydrogens (tertiary/aromatic N) is 4. The van der Waals surface area contributed by atoms with Gasteiger partial charge in [0, 0.05) is 103 Å². The van der Waals surface area contributed by atoms with Gasteiger partial charge in [0.25, 0.3) is 14.3 Å². The predicted molar refractivity (Wildman–Crippen MR) is 353 cm³/mol. The number of carboxylic acids is 8. The Labute approximate surface area is 569 Å². The standard InChI is InChI=1S/C63H102FN11O22Si/c1-62(2,3)98(64,63(4,5)6)42-21-19-41(20-22-42)55(87)67-37-46(68-50(78)25-24-47(60(95)96)75-35-33-73(39-53(83)84)31-29-72(38-52(81)82)30-32-74(34-36-75)40-54(85)86)56(88)69-43(57(89)90)15-11-13-27-65-48(76)17-9-7-8-10-18-49(77)66-28-14-12-16-44(58(91)92)70-61(97)71-45(59(93)94)23-26-51(79)80/h19-22,43-47H,7-18,23-40H2,1-6H3,(H,65,76)(H,66,77)(H,67,87)(H,68,78)(H,69,88)(H,79,80)(H,81,82)(H,83,84)(H,85,86)(H,89,90)(H,91,92)(H,93,94)(H,95,96)(H2,70,71,97)/t43-,44+,45+,46+,47+/m1/s1. The monoisotopic (exact) mass is 1410 g/mol. The van der Waals surface area contributed by atoms with Gasteiger partial charge in [-0.1, -0.05) is 66.5 Å². The van der Waals surface area contributed by atoms with Crippen LogP contribution in [0.3, 0.4) is 0 Å². The minimum absolute atomic E-state index is 0.0299. The summed E-state index contributed by atoms with van der Waals surface area (Å²) in [5.74, 6) is -13.7. The average Bonchev–Trinajstić information content (AvgIpc) is 0.749. The zero-order valence-electron chi connectivity index (χ0n) is 56.9. The van der Waals surface area contributed by atoms with Gasteiger partial charge in [-0.2, -0.15) is 0 Å². The number of carbonyl (C=O) groups excluding carboxylic acids is 6. The highest BCUT2D eigenvalue weighted by atomic mass is 28.4. The number of rotatable bonds is 43. The minimum atomic E-state index is -3.74. The van der Waals surface area contributed by atoms with Crippen LogP contribution in [0, 0.1) is 0 Å². The van der Waals surface area contributed by atoms with E-state index in [-0.39, 0.29) is 128 Å². The molecule has 35 heteroatoms. The molecule has 0 radical (unpaired) electrons. The zero-order chi connectivity index (χ0) is 73.9. The van der Waals surface area contributed by atoms with Crippen LogP contribution in [0.5, 0.6) is 0 Å². The normalized spacial score (nSPS) is 15.6. The first-order valence-corrected chi connectivity index (χ1v) is 34.7. The summed E-state index contributed by atoms with van der Waals surface area (Å²) in [6, 6.07) is -2.70. The van der Waals surface area contributed by atoms with Crippen molar-refractivity contribution in [3.63, 3.8) is 0 Å². The molecule has 552 valence electrons. The van der Waals surface area contributed by atoms with Crippen molar-refractivity contribution in [3.05, 3.63) is 29.8 Å². The van der Waals surface area contributed by atoms with Crippen LogP contribution in [-0.4, -0.2) is 274 Å². The van der Waals surface area contributed by atoms with Gasteiger partial charge in [-0.05, 0) is 91.6 Å². The maximum atomic E-state index is 17.1. The molecule has 1 aliphatic heterocycles. The Morgan fingerprint density at radius 2 is 0.837 bits per heavy atom. The van der Waals surface area contributed by atoms with Crippen LogP contribution in [0.15, 0.2) is 24.3 Å². The summed E-state index contributed by atoms with van der Waals surface area (Å²) in [6.07, 6.45) is 1.63. The van der Waals surface area contributed by atoms with E-state index in [9.17, 15) is 103 Å². The number of benzene rings is 1. The molecule has 0 spiro atoms. The molecule has 15 N–H and O–H groups in total. The van der Waals surface area contributed by atoms with Gasteiger partial charge in [0.2, 0.25) is 23.6 Å². The number of amides is 7. The number of hydrogen-bond donors (Lipinski definition) is 15. The first-order valence-electron chi connectivity index (χ1n) is 32.8. The maximum Gasteiger partial charge on any atom is 0.326 e. The van der Waals surface area contributed by atoms with Gasteiger partial charge in [-0.15, -0.1) is 0 Å². The fraction of sp³-hybridized carbons (Fsp3) is 0.683. The molecular weight excluding hydrogens is 1310 g/mol. The second kappa shape index (κ2) is 43.1. The first kappa shape index (κ1) is 85.7. The van der Waals surface area contributed by atoms with Crippen LogP contribution in [0.2, 0.25) is 10.1 Å². The third-order valence-electron chi connectivity index (χ3n) is 16.6. The van der Waals surface area contributed by atoms with Crippen molar-refractivity contribution in [2.45, 2.75) is 185 Å². The number of carbonyl (C=O) groups is 14. The van der Waals surface area contributed by atoms with Gasteiger partial charge in [-0.3, -0.25) is 67.5 Å². The van der Waals surface area contributed by atoms with Crippen molar-refractivity contribution in [1.29, 1.82) is 0 Å². The lowest BCUT2D eigenvalue weighted by Gasteiger charge is -2.44. The second-order valence-corrected chi connectivity index (χ2v) is 31.2. The molecule has 0 unspecified atom stereocenters. The molecular formula is C63H102FN11O22Si. The minimum Gasteiger partial charge on any atom is -0.481 e. The summed E-state index contributed by atoms with van der Waals surface area (Å²) in [6.45, 7) is 9.34. The fourth-order valence-corrected chi connectivity index (χ4v) is 16.0. The third-order valence-corrected chi connectivity index (χ3v) is 21.8. The van der Waals surface area contributed by atoms with Gasteiger partial charge >= 0.3 is 53.8 Å². The van der Waals surface area contributed by atoms with E-state index in [4.69, 9.17) is 5.11 Å². The molecule has 1 aromatic rings. The molecule has 0 saturated carbocycles. The van der Waals surface area contributed by atoms with Crippen LogP contribution in [0.1, 0.15) is 155 Å². The quantitative estimate of drug-likeness (QED) is 0.0245. The van der Waals surface area contributed by atoms with Crippen molar-refractivity contribution in [3.8, 4) is 0 Å². The highest BCUT2D eigenvalue weighted by molar-refractivity contribution is 6.90. The first-order chi connectivity index (χ1) is 45.8. The van der Waals surface area contributed by atoms with E-state index in [0.717, 1.165) is 0 Å². The summed E-state index contributed by atoms with van der Waals surface area (Å²) in [5.41, 5.74) is 0.0719. The van der Waals surface area contributed by atoms with Crippen molar-refractivity contribution in [2.75, 3.05) is 91.6 Å². The van der Waals surface area contributed by atoms with Crippen molar-refractivity contribution >= 4 is 96.9 Å². The second-order valence-electron chi connectivity index (χ2n) is 26.3. The summed E-state index contributed by atoms with van der Waals surface area (Å²) < 4.78 is 17.1. The highest BCUT2D eigenvalue weighted by Crippen LogP contribution is 2.51. The van der Waals surface area contributed by atoms with E-state index in [1.807, 2.05) is 46.9 Å². The molecule has 1 fully saturated rings. The fourth-order valence-electron chi connectivity index (χ4n) is 11.4. The van der Waals surface area contributed by atoms with Gasteiger partial charge in [0.05, 0.1) is 19.6 Å². The van der Waals surface area contributed by atoms with Crippen LogP contribution in [0.4, 0.5) is 8.90 Å². The third kappa shape index (κ3) is 32.8. The summed E-state index contributed by atoms with van der Waals surface area (Å²) in [7, 11) is -3.74. The van der Waals surface area contributed by atoms with E-state index in [1.165, 1.54) is 43.9 Å². The zero-order valence-corrected chi connectivity index (χ0v) is 57.9. The van der Waals surface area contributed by atoms with E-state index in [2.05, 4.69) is 31.9 Å². The van der Waals surface area contributed by atoms with Crippen LogP contribution in [0.25, 0.3) is 0 Å². The number of urea groups is 1. The van der Waals surface area contributed by atoms with E-state index < -0.39 is 172 Å². The van der Waals surface area contributed by atoms with Crippen molar-refractivity contribution < 1.29 is 112 Å². The van der Waals surface area contributed by atoms with Gasteiger partial charge in [-0.25, -0.2) is 19.2 Å². The summed E-state index contributed by atoms with van der Waals surface area (Å²) in [4.78, 5) is 180. The lowest BCUT2D eigenvalue weighted by Crippen LogP contribution is -2.58. The molecule has 33 nitrogen and oxygen atoms in total. The molecule has 0 bridgehead atoms. The molecule has 1 heterocycles. The molecule has 1 aliphatic rings.